The molecule has 2 rings (SSSR count). The van der Waals surface area contributed by atoms with Gasteiger partial charge in [-0.15, -0.1) is 0 Å². The number of rotatable bonds is 4. The predicted octanol–water partition coefficient (Wildman–Crippen LogP) is 2.14. The van der Waals surface area contributed by atoms with Gasteiger partial charge in [0.25, 0.3) is 0 Å². The van der Waals surface area contributed by atoms with Crippen molar-refractivity contribution in [2.24, 2.45) is 5.92 Å². The van der Waals surface area contributed by atoms with Crippen LogP contribution in [0.1, 0.15) is 45.6 Å². The average molecular weight is 280 g/mol. The van der Waals surface area contributed by atoms with E-state index in [1.54, 1.807) is 10.9 Å². The maximum atomic E-state index is 12.0. The van der Waals surface area contributed by atoms with Crippen molar-refractivity contribution in [3.63, 3.8) is 0 Å². The van der Waals surface area contributed by atoms with Gasteiger partial charge in [-0.25, -0.2) is 4.79 Å². The molecule has 2 unspecified atom stereocenters. The first-order valence-corrected chi connectivity index (χ1v) is 7.32. The number of amides is 2. The van der Waals surface area contributed by atoms with Crippen molar-refractivity contribution in [3.8, 4) is 0 Å². The molecule has 2 amide bonds. The fraction of sp³-hybridized carbons (Fsp3) is 0.714. The molecule has 0 aromatic carbocycles. The lowest BCUT2D eigenvalue weighted by atomic mass is 9.85. The second-order valence-electron chi connectivity index (χ2n) is 5.73. The maximum absolute atomic E-state index is 12.0. The van der Waals surface area contributed by atoms with Gasteiger partial charge in [-0.05, 0) is 26.7 Å². The number of aromatic nitrogens is 2. The van der Waals surface area contributed by atoms with Gasteiger partial charge in [-0.2, -0.15) is 5.10 Å². The van der Waals surface area contributed by atoms with E-state index in [0.29, 0.717) is 5.69 Å². The van der Waals surface area contributed by atoms with Crippen LogP contribution in [0.25, 0.3) is 0 Å². The van der Waals surface area contributed by atoms with E-state index < -0.39 is 0 Å². The van der Waals surface area contributed by atoms with Crippen LogP contribution in [-0.4, -0.2) is 33.6 Å². The highest BCUT2D eigenvalue weighted by Gasteiger charge is 2.25. The highest BCUT2D eigenvalue weighted by atomic mass is 16.3. The van der Waals surface area contributed by atoms with Crippen molar-refractivity contribution in [1.29, 1.82) is 0 Å². The van der Waals surface area contributed by atoms with E-state index in [2.05, 4.69) is 15.7 Å². The van der Waals surface area contributed by atoms with Crippen LogP contribution in [0.3, 0.4) is 0 Å². The van der Waals surface area contributed by atoms with Crippen LogP contribution in [0.15, 0.2) is 12.4 Å². The fourth-order valence-electron chi connectivity index (χ4n) is 2.64. The molecule has 3 N–H and O–H groups in total. The van der Waals surface area contributed by atoms with E-state index >= 15 is 0 Å². The molecule has 1 heterocycles. The smallest absolute Gasteiger partial charge is 0.319 e. The lowest BCUT2D eigenvalue weighted by molar-refractivity contribution is 0.156. The molecule has 6 heteroatoms. The second kappa shape index (κ2) is 6.74. The highest BCUT2D eigenvalue weighted by Crippen LogP contribution is 2.24. The van der Waals surface area contributed by atoms with Gasteiger partial charge in [0, 0.05) is 30.8 Å². The molecular weight excluding hydrogens is 256 g/mol. The molecule has 0 spiro atoms. The zero-order chi connectivity index (χ0) is 14.5. The first-order chi connectivity index (χ1) is 9.60. The number of urea groups is 1. The molecular formula is C14H24N4O2. The third-order valence-corrected chi connectivity index (χ3v) is 3.85. The summed E-state index contributed by atoms with van der Waals surface area (Å²) in [6.07, 6.45) is 7.61. The largest absolute Gasteiger partial charge is 0.396 e. The summed E-state index contributed by atoms with van der Waals surface area (Å²) in [5.41, 5.74) is 0.688. The SMILES string of the molecule is CC(C)n1cc(NC(=O)NC2CCCCC2CO)cn1. The van der Waals surface area contributed by atoms with Crippen molar-refractivity contribution in [1.82, 2.24) is 15.1 Å². The lowest BCUT2D eigenvalue weighted by Gasteiger charge is -2.30. The van der Waals surface area contributed by atoms with E-state index in [4.69, 9.17) is 0 Å². The minimum Gasteiger partial charge on any atom is -0.396 e. The number of hydrogen-bond donors (Lipinski definition) is 3. The third-order valence-electron chi connectivity index (χ3n) is 3.85. The molecule has 20 heavy (non-hydrogen) atoms. The van der Waals surface area contributed by atoms with Crippen molar-refractivity contribution >= 4 is 11.7 Å². The summed E-state index contributed by atoms with van der Waals surface area (Å²) in [5, 5.41) is 19.3. The molecule has 1 fully saturated rings. The molecule has 0 saturated heterocycles. The van der Waals surface area contributed by atoms with Crippen molar-refractivity contribution in [2.45, 2.75) is 51.6 Å². The molecule has 1 saturated carbocycles. The van der Waals surface area contributed by atoms with E-state index in [0.717, 1.165) is 25.7 Å². The quantitative estimate of drug-likeness (QED) is 0.790. The maximum Gasteiger partial charge on any atom is 0.319 e. The number of anilines is 1. The van der Waals surface area contributed by atoms with Crippen LogP contribution < -0.4 is 10.6 Å². The summed E-state index contributed by atoms with van der Waals surface area (Å²) in [5.74, 6) is 0.174. The summed E-state index contributed by atoms with van der Waals surface area (Å²) in [6, 6.07) is 0.110. The van der Waals surface area contributed by atoms with Gasteiger partial charge >= 0.3 is 6.03 Å². The molecule has 112 valence electrons. The van der Waals surface area contributed by atoms with E-state index in [-0.39, 0.29) is 30.6 Å². The van der Waals surface area contributed by atoms with E-state index in [1.165, 1.54) is 0 Å². The molecule has 1 aliphatic rings. The van der Waals surface area contributed by atoms with Gasteiger partial charge in [-0.3, -0.25) is 4.68 Å². The second-order valence-corrected chi connectivity index (χ2v) is 5.73. The topological polar surface area (TPSA) is 79.2 Å². The highest BCUT2D eigenvalue weighted by molar-refractivity contribution is 5.89. The van der Waals surface area contributed by atoms with Crippen molar-refractivity contribution < 1.29 is 9.90 Å². The average Bonchev–Trinajstić information content (AvgIpc) is 2.88. The Morgan fingerprint density at radius 3 is 2.90 bits per heavy atom. The molecule has 2 atom stereocenters. The lowest BCUT2D eigenvalue weighted by Crippen LogP contribution is -2.45. The Morgan fingerprint density at radius 1 is 1.50 bits per heavy atom. The number of hydrogen-bond acceptors (Lipinski definition) is 3. The van der Waals surface area contributed by atoms with E-state index in [9.17, 15) is 9.90 Å². The summed E-state index contributed by atoms with van der Waals surface area (Å²) in [4.78, 5) is 12.0. The van der Waals surface area contributed by atoms with Crippen molar-refractivity contribution in [3.05, 3.63) is 12.4 Å². The van der Waals surface area contributed by atoms with Gasteiger partial charge in [0.2, 0.25) is 0 Å². The van der Waals surface area contributed by atoms with Gasteiger partial charge in [0.1, 0.15) is 0 Å². The summed E-state index contributed by atoms with van der Waals surface area (Å²) in [6.45, 7) is 4.20. The molecule has 1 aromatic heterocycles. The number of aliphatic hydroxyl groups is 1. The van der Waals surface area contributed by atoms with Crippen LogP contribution in [0.5, 0.6) is 0 Å². The van der Waals surface area contributed by atoms with Gasteiger partial charge in [0.15, 0.2) is 0 Å². The van der Waals surface area contributed by atoms with Crippen molar-refractivity contribution in [2.75, 3.05) is 11.9 Å². The first-order valence-electron chi connectivity index (χ1n) is 7.32. The van der Waals surface area contributed by atoms with Gasteiger partial charge in [0.05, 0.1) is 11.9 Å². The van der Waals surface area contributed by atoms with Crippen LogP contribution in [-0.2, 0) is 0 Å². The van der Waals surface area contributed by atoms with Crippen LogP contribution in [0.4, 0.5) is 10.5 Å². The molecule has 0 bridgehead atoms. The number of carbonyl (C=O) groups excluding carboxylic acids is 1. The van der Waals surface area contributed by atoms with Crippen LogP contribution >= 0.6 is 0 Å². The summed E-state index contributed by atoms with van der Waals surface area (Å²) >= 11 is 0. The monoisotopic (exact) mass is 280 g/mol. The van der Waals surface area contributed by atoms with Crippen LogP contribution in [0.2, 0.25) is 0 Å². The Labute approximate surface area is 119 Å². The summed E-state index contributed by atoms with van der Waals surface area (Å²) < 4.78 is 1.80. The molecule has 0 aliphatic heterocycles. The predicted molar refractivity (Wildman–Crippen MR) is 77.6 cm³/mol. The van der Waals surface area contributed by atoms with Crippen LogP contribution in [0, 0.1) is 5.92 Å². The molecule has 1 aliphatic carbocycles. The first kappa shape index (κ1) is 14.8. The fourth-order valence-corrected chi connectivity index (χ4v) is 2.64. The molecule has 6 nitrogen and oxygen atoms in total. The molecule has 1 aromatic rings. The number of nitrogens with one attached hydrogen (secondary N) is 2. The van der Waals surface area contributed by atoms with Gasteiger partial charge < -0.3 is 15.7 Å². The molecule has 0 radical (unpaired) electrons. The Balaban J connectivity index is 1.87. The number of aliphatic hydroxyl groups excluding tert-OH is 1. The Kier molecular flexibility index (Phi) is 5.00. The Morgan fingerprint density at radius 2 is 2.25 bits per heavy atom. The summed E-state index contributed by atoms with van der Waals surface area (Å²) in [7, 11) is 0. The third kappa shape index (κ3) is 3.72. The zero-order valence-corrected chi connectivity index (χ0v) is 12.2. The number of carbonyl (C=O) groups is 1. The minimum atomic E-state index is -0.223. The number of nitrogens with zero attached hydrogens (tertiary/aromatic N) is 2. The standard InChI is InChI=1S/C14H24N4O2/c1-10(2)18-8-12(7-15-18)16-14(20)17-13-6-4-3-5-11(13)9-19/h7-8,10-11,13,19H,3-6,9H2,1-2H3,(H2,16,17,20). The Bertz CT molecular complexity index is 444. The zero-order valence-electron chi connectivity index (χ0n) is 12.2. The van der Waals surface area contributed by atoms with Gasteiger partial charge in [-0.1, -0.05) is 12.8 Å². The Hall–Kier alpha value is -1.56. The normalized spacial score (nSPS) is 22.8. The van der Waals surface area contributed by atoms with E-state index in [1.807, 2.05) is 20.0 Å². The minimum absolute atomic E-state index is 0.0638.